The van der Waals surface area contributed by atoms with Gasteiger partial charge in [0.05, 0.1) is 25.2 Å². The molecule has 0 rings (SSSR count). The zero-order chi connectivity index (χ0) is 39.6. The maximum absolute atomic E-state index is 13.1. The first kappa shape index (κ1) is 52.1. The Morgan fingerprint density at radius 2 is 0.944 bits per heavy atom. The lowest BCUT2D eigenvalue weighted by molar-refractivity contribution is -0.151. The summed E-state index contributed by atoms with van der Waals surface area (Å²) in [6.45, 7) is 6.41. The first-order valence-electron chi connectivity index (χ1n) is 23.2. The number of hydrogen-bond donors (Lipinski definition) is 3. The van der Waals surface area contributed by atoms with Crippen LogP contribution in [-0.4, -0.2) is 46.9 Å². The lowest BCUT2D eigenvalue weighted by Gasteiger charge is -2.24. The van der Waals surface area contributed by atoms with Crippen molar-refractivity contribution in [1.29, 1.82) is 0 Å². The molecule has 0 saturated carbocycles. The minimum Gasteiger partial charge on any atom is -0.462 e. The summed E-state index contributed by atoms with van der Waals surface area (Å²) in [5.41, 5.74) is 0. The smallest absolute Gasteiger partial charge is 0.306 e. The standard InChI is InChI=1S/C48H89NO5/c1-4-7-10-13-16-18-20-21-22-23-24-25-26-27-29-32-35-38-41-48(53)54-44(39-36-33-30-15-12-9-6-3)42-47(52)49-45(43-50)46(51)40-37-34-31-28-19-17-14-11-8-5-2/h20-25,44-46,50-51H,4-19,26-43H2,1-3H3,(H,49,52)/b21-20+,23-22+,25-24+. The molecule has 6 nitrogen and oxygen atoms in total. The Balaban J connectivity index is 4.44. The largest absolute Gasteiger partial charge is 0.462 e. The zero-order valence-electron chi connectivity index (χ0n) is 35.9. The second kappa shape index (κ2) is 42.2. The van der Waals surface area contributed by atoms with Crippen LogP contribution in [0.25, 0.3) is 0 Å². The second-order valence-corrected chi connectivity index (χ2v) is 15.9. The van der Waals surface area contributed by atoms with Gasteiger partial charge in [0.1, 0.15) is 6.10 Å². The highest BCUT2D eigenvalue weighted by Gasteiger charge is 2.24. The molecule has 3 N–H and O–H groups in total. The number of hydrogen-bond acceptors (Lipinski definition) is 5. The van der Waals surface area contributed by atoms with Crippen molar-refractivity contribution in [3.05, 3.63) is 36.5 Å². The third-order valence-electron chi connectivity index (χ3n) is 10.5. The van der Waals surface area contributed by atoms with Gasteiger partial charge >= 0.3 is 5.97 Å². The average molecular weight is 760 g/mol. The molecule has 1 amide bonds. The molecule has 0 aromatic rings. The summed E-state index contributed by atoms with van der Waals surface area (Å²) in [7, 11) is 0. The van der Waals surface area contributed by atoms with Crippen molar-refractivity contribution < 1.29 is 24.5 Å². The van der Waals surface area contributed by atoms with E-state index in [1.807, 2.05) is 0 Å². The molecular weight excluding hydrogens is 671 g/mol. The third kappa shape index (κ3) is 37.0. The van der Waals surface area contributed by atoms with E-state index in [0.717, 1.165) is 77.0 Å². The number of aliphatic hydroxyl groups excluding tert-OH is 2. The molecule has 0 radical (unpaired) electrons. The quantitative estimate of drug-likeness (QED) is 0.0328. The van der Waals surface area contributed by atoms with Crippen molar-refractivity contribution in [3.8, 4) is 0 Å². The molecule has 0 fully saturated rings. The third-order valence-corrected chi connectivity index (χ3v) is 10.5. The van der Waals surface area contributed by atoms with Gasteiger partial charge in [-0.15, -0.1) is 0 Å². The Labute approximate surface area is 334 Å². The van der Waals surface area contributed by atoms with Gasteiger partial charge < -0.3 is 20.3 Å². The molecule has 3 unspecified atom stereocenters. The van der Waals surface area contributed by atoms with E-state index in [1.165, 1.54) is 109 Å². The van der Waals surface area contributed by atoms with Gasteiger partial charge in [-0.2, -0.15) is 0 Å². The zero-order valence-corrected chi connectivity index (χ0v) is 35.9. The number of nitrogens with one attached hydrogen (secondary N) is 1. The topological polar surface area (TPSA) is 95.9 Å². The summed E-state index contributed by atoms with van der Waals surface area (Å²) < 4.78 is 5.87. The van der Waals surface area contributed by atoms with E-state index in [-0.39, 0.29) is 24.9 Å². The summed E-state index contributed by atoms with van der Waals surface area (Å²) in [5.74, 6) is -0.498. The van der Waals surface area contributed by atoms with Crippen LogP contribution in [-0.2, 0) is 14.3 Å². The Kier molecular flexibility index (Phi) is 40.7. The minimum atomic E-state index is -0.785. The number of amides is 1. The number of esters is 1. The highest BCUT2D eigenvalue weighted by molar-refractivity contribution is 5.77. The number of ether oxygens (including phenoxy) is 1. The van der Waals surface area contributed by atoms with E-state index >= 15 is 0 Å². The Morgan fingerprint density at radius 3 is 1.41 bits per heavy atom. The van der Waals surface area contributed by atoms with E-state index in [9.17, 15) is 19.8 Å². The van der Waals surface area contributed by atoms with E-state index in [2.05, 4.69) is 62.5 Å². The van der Waals surface area contributed by atoms with Gasteiger partial charge in [0.15, 0.2) is 0 Å². The number of carbonyl (C=O) groups excluding carboxylic acids is 2. The molecule has 3 atom stereocenters. The summed E-state index contributed by atoms with van der Waals surface area (Å²) in [6.07, 6.45) is 47.8. The van der Waals surface area contributed by atoms with E-state index in [4.69, 9.17) is 4.74 Å². The molecule has 0 bridgehead atoms. The fourth-order valence-corrected chi connectivity index (χ4v) is 6.96. The van der Waals surface area contributed by atoms with Crippen molar-refractivity contribution in [2.75, 3.05) is 6.61 Å². The Morgan fingerprint density at radius 1 is 0.537 bits per heavy atom. The number of aliphatic hydroxyl groups is 2. The molecule has 0 aliphatic rings. The Hall–Kier alpha value is -1.92. The van der Waals surface area contributed by atoms with Crippen molar-refractivity contribution in [3.63, 3.8) is 0 Å². The number of carbonyl (C=O) groups is 2. The molecule has 0 spiro atoms. The van der Waals surface area contributed by atoms with Gasteiger partial charge in [0, 0.05) is 6.42 Å². The fourth-order valence-electron chi connectivity index (χ4n) is 6.96. The second-order valence-electron chi connectivity index (χ2n) is 15.9. The molecule has 316 valence electrons. The van der Waals surface area contributed by atoms with Gasteiger partial charge in [-0.1, -0.05) is 205 Å². The summed E-state index contributed by atoms with van der Waals surface area (Å²) in [4.78, 5) is 25.9. The van der Waals surface area contributed by atoms with Crippen LogP contribution >= 0.6 is 0 Å². The van der Waals surface area contributed by atoms with Crippen molar-refractivity contribution in [1.82, 2.24) is 5.32 Å². The summed E-state index contributed by atoms with van der Waals surface area (Å²) in [5, 5.41) is 23.5. The van der Waals surface area contributed by atoms with Crippen LogP contribution in [0.2, 0.25) is 0 Å². The van der Waals surface area contributed by atoms with Crippen LogP contribution in [0.1, 0.15) is 233 Å². The maximum Gasteiger partial charge on any atom is 0.306 e. The summed E-state index contributed by atoms with van der Waals surface area (Å²) in [6, 6.07) is -0.699. The van der Waals surface area contributed by atoms with Crippen LogP contribution in [0.3, 0.4) is 0 Å². The van der Waals surface area contributed by atoms with Crippen molar-refractivity contribution in [2.45, 2.75) is 251 Å². The van der Waals surface area contributed by atoms with Crippen molar-refractivity contribution in [2.24, 2.45) is 0 Å². The van der Waals surface area contributed by atoms with Gasteiger partial charge in [0.2, 0.25) is 5.91 Å². The highest BCUT2D eigenvalue weighted by atomic mass is 16.5. The lowest BCUT2D eigenvalue weighted by atomic mass is 10.0. The van der Waals surface area contributed by atoms with Crippen molar-refractivity contribution >= 4 is 11.9 Å². The highest BCUT2D eigenvalue weighted by Crippen LogP contribution is 2.17. The fraction of sp³-hybridized carbons (Fsp3) is 0.833. The van der Waals surface area contributed by atoms with E-state index in [0.29, 0.717) is 19.3 Å². The molecule has 54 heavy (non-hydrogen) atoms. The van der Waals surface area contributed by atoms with Gasteiger partial charge in [0.25, 0.3) is 0 Å². The summed E-state index contributed by atoms with van der Waals surface area (Å²) >= 11 is 0. The molecule has 0 aromatic heterocycles. The Bertz CT molecular complexity index is 900. The van der Waals surface area contributed by atoms with Gasteiger partial charge in [-0.25, -0.2) is 0 Å². The molecule has 0 aromatic carbocycles. The monoisotopic (exact) mass is 760 g/mol. The maximum atomic E-state index is 13.1. The molecule has 0 aliphatic carbocycles. The predicted octanol–water partition coefficient (Wildman–Crippen LogP) is 13.3. The first-order valence-corrected chi connectivity index (χ1v) is 23.2. The molecular formula is C48H89NO5. The molecule has 0 aliphatic heterocycles. The van der Waals surface area contributed by atoms with Gasteiger partial charge in [-0.3, -0.25) is 9.59 Å². The molecule has 0 heterocycles. The van der Waals surface area contributed by atoms with E-state index < -0.39 is 18.2 Å². The SMILES string of the molecule is CCCCCCC/C=C/C=C/C=C/CCCCCCCC(=O)OC(CCCCCCCCC)CC(=O)NC(CO)C(O)CCCCCCCCCCCC. The molecule has 6 heteroatoms. The van der Waals surface area contributed by atoms with Crippen LogP contribution < -0.4 is 5.32 Å². The van der Waals surface area contributed by atoms with Crippen LogP contribution in [0, 0.1) is 0 Å². The molecule has 0 saturated heterocycles. The minimum absolute atomic E-state index is 0.0706. The normalized spacial score (nSPS) is 13.6. The van der Waals surface area contributed by atoms with Crippen LogP contribution in [0.15, 0.2) is 36.5 Å². The number of unbranched alkanes of at least 4 members (excludes halogenated alkanes) is 25. The van der Waals surface area contributed by atoms with E-state index in [1.54, 1.807) is 0 Å². The lowest BCUT2D eigenvalue weighted by Crippen LogP contribution is -2.46. The predicted molar refractivity (Wildman–Crippen MR) is 232 cm³/mol. The number of rotatable bonds is 41. The van der Waals surface area contributed by atoms with Crippen LogP contribution in [0.4, 0.5) is 0 Å². The average Bonchev–Trinajstić information content (AvgIpc) is 3.16. The first-order chi connectivity index (χ1) is 26.5. The van der Waals surface area contributed by atoms with Crippen LogP contribution in [0.5, 0.6) is 0 Å². The number of allylic oxidation sites excluding steroid dienone is 6. The van der Waals surface area contributed by atoms with Gasteiger partial charge in [-0.05, 0) is 51.4 Å².